The molecule has 8 nitrogen and oxygen atoms in total. The van der Waals surface area contributed by atoms with Gasteiger partial charge in [-0.15, -0.1) is 0 Å². The molecule has 1 saturated heterocycles. The minimum absolute atomic E-state index is 0.232. The number of carbonyl (C=O) groups is 2. The molecule has 0 aliphatic carbocycles. The predicted octanol–water partition coefficient (Wildman–Crippen LogP) is 4.72. The molecule has 3 aromatic carbocycles. The van der Waals surface area contributed by atoms with E-state index in [0.717, 1.165) is 33.8 Å². The van der Waals surface area contributed by atoms with E-state index in [0.29, 0.717) is 44.1 Å². The minimum Gasteiger partial charge on any atom is -0.497 e. The largest absolute Gasteiger partial charge is 0.497 e. The summed E-state index contributed by atoms with van der Waals surface area (Å²) in [4.78, 5) is 28.1. The van der Waals surface area contributed by atoms with Crippen molar-refractivity contribution in [2.75, 3.05) is 48.9 Å². The summed E-state index contributed by atoms with van der Waals surface area (Å²) in [5.41, 5.74) is 5.56. The van der Waals surface area contributed by atoms with Gasteiger partial charge in [0.05, 0.1) is 31.7 Å². The Morgan fingerprint density at radius 3 is 2.50 bits per heavy atom. The van der Waals surface area contributed by atoms with Gasteiger partial charge in [0.15, 0.2) is 0 Å². The van der Waals surface area contributed by atoms with Crippen LogP contribution in [0, 0.1) is 13.8 Å². The molecule has 1 aliphatic heterocycles. The lowest BCUT2D eigenvalue weighted by molar-refractivity contribution is 0.0950. The standard InChI is InChI=1S/C28H32N4O4/c1-19-7-8-20(2)24(15-19)30-28(34)31-25-17-22(9-10-26(25)32-11-13-36-14-12-32)27(33)29-18-21-5-4-6-23(16-21)35-3/h4-10,15-17H,11-14,18H2,1-3H3,(H,29,33)(H2,30,31,34). The average molecular weight is 489 g/mol. The molecule has 1 fully saturated rings. The number of aryl methyl sites for hydroxylation is 2. The molecule has 0 saturated carbocycles. The molecule has 3 N–H and O–H groups in total. The van der Waals surface area contributed by atoms with Gasteiger partial charge in [-0.3, -0.25) is 4.79 Å². The molecule has 0 atom stereocenters. The van der Waals surface area contributed by atoms with Gasteiger partial charge < -0.3 is 30.3 Å². The fourth-order valence-electron chi connectivity index (χ4n) is 4.07. The normalized spacial score (nSPS) is 13.1. The molecule has 0 spiro atoms. The summed E-state index contributed by atoms with van der Waals surface area (Å²) in [5, 5.41) is 8.83. The molecule has 36 heavy (non-hydrogen) atoms. The van der Waals surface area contributed by atoms with Gasteiger partial charge in [-0.05, 0) is 66.9 Å². The number of urea groups is 1. The Kier molecular flexibility index (Phi) is 8.07. The molecular weight excluding hydrogens is 456 g/mol. The van der Waals surface area contributed by atoms with Gasteiger partial charge in [-0.25, -0.2) is 4.79 Å². The molecule has 0 unspecified atom stereocenters. The Bertz CT molecular complexity index is 1240. The number of amides is 3. The molecule has 3 aromatic rings. The number of morpholine rings is 1. The van der Waals surface area contributed by atoms with Crippen molar-refractivity contribution in [3.05, 3.63) is 82.9 Å². The Balaban J connectivity index is 1.53. The summed E-state index contributed by atoms with van der Waals surface area (Å²) in [6.07, 6.45) is 0. The van der Waals surface area contributed by atoms with E-state index in [1.807, 2.05) is 62.4 Å². The van der Waals surface area contributed by atoms with Crippen LogP contribution in [0.1, 0.15) is 27.0 Å². The summed E-state index contributed by atoms with van der Waals surface area (Å²) >= 11 is 0. The molecule has 1 heterocycles. The van der Waals surface area contributed by atoms with Crippen LogP contribution < -0.4 is 25.6 Å². The van der Waals surface area contributed by atoms with Crippen LogP contribution in [0.3, 0.4) is 0 Å². The van der Waals surface area contributed by atoms with E-state index in [2.05, 4.69) is 20.9 Å². The van der Waals surface area contributed by atoms with Crippen LogP contribution in [0.5, 0.6) is 5.75 Å². The number of rotatable bonds is 7. The molecule has 3 amide bonds. The van der Waals surface area contributed by atoms with Crippen LogP contribution in [0.15, 0.2) is 60.7 Å². The highest BCUT2D eigenvalue weighted by Crippen LogP contribution is 2.29. The number of methoxy groups -OCH3 is 1. The number of benzene rings is 3. The van der Waals surface area contributed by atoms with Gasteiger partial charge in [0.2, 0.25) is 0 Å². The third-order valence-corrected chi connectivity index (χ3v) is 6.09. The molecule has 188 valence electrons. The zero-order valence-corrected chi connectivity index (χ0v) is 20.9. The van der Waals surface area contributed by atoms with Crippen molar-refractivity contribution in [2.24, 2.45) is 0 Å². The van der Waals surface area contributed by atoms with Crippen molar-refractivity contribution in [1.82, 2.24) is 5.32 Å². The number of hydrogen-bond acceptors (Lipinski definition) is 5. The Morgan fingerprint density at radius 1 is 0.944 bits per heavy atom. The third kappa shape index (κ3) is 6.34. The molecule has 4 rings (SSSR count). The third-order valence-electron chi connectivity index (χ3n) is 6.09. The summed E-state index contributed by atoms with van der Waals surface area (Å²) in [6.45, 7) is 6.91. The molecule has 0 bridgehead atoms. The zero-order chi connectivity index (χ0) is 25.5. The fourth-order valence-corrected chi connectivity index (χ4v) is 4.07. The first kappa shape index (κ1) is 25.1. The van der Waals surface area contributed by atoms with Gasteiger partial charge in [0, 0.05) is 30.9 Å². The highest BCUT2D eigenvalue weighted by Gasteiger charge is 2.19. The summed E-state index contributed by atoms with van der Waals surface area (Å²) < 4.78 is 10.7. The lowest BCUT2D eigenvalue weighted by atomic mass is 10.1. The molecular formula is C28H32N4O4. The fraction of sp³-hybridized carbons (Fsp3) is 0.286. The smallest absolute Gasteiger partial charge is 0.323 e. The van der Waals surface area contributed by atoms with Gasteiger partial charge in [0.1, 0.15) is 5.75 Å². The zero-order valence-electron chi connectivity index (χ0n) is 20.9. The van der Waals surface area contributed by atoms with Crippen molar-refractivity contribution >= 4 is 29.0 Å². The minimum atomic E-state index is -0.368. The van der Waals surface area contributed by atoms with Crippen LogP contribution in [0.4, 0.5) is 21.9 Å². The van der Waals surface area contributed by atoms with E-state index in [4.69, 9.17) is 9.47 Å². The first-order chi connectivity index (χ1) is 17.4. The van der Waals surface area contributed by atoms with Gasteiger partial charge in [0.25, 0.3) is 5.91 Å². The van der Waals surface area contributed by atoms with Crippen molar-refractivity contribution < 1.29 is 19.1 Å². The second kappa shape index (κ2) is 11.6. The van der Waals surface area contributed by atoms with Crippen molar-refractivity contribution in [3.8, 4) is 5.75 Å². The first-order valence-electron chi connectivity index (χ1n) is 12.0. The predicted molar refractivity (Wildman–Crippen MR) is 142 cm³/mol. The number of ether oxygens (including phenoxy) is 2. The van der Waals surface area contributed by atoms with E-state index in [1.165, 1.54) is 0 Å². The first-order valence-corrected chi connectivity index (χ1v) is 12.0. The lowest BCUT2D eigenvalue weighted by Gasteiger charge is -2.30. The quantitative estimate of drug-likeness (QED) is 0.448. The van der Waals surface area contributed by atoms with Crippen LogP contribution in [-0.4, -0.2) is 45.4 Å². The number of nitrogens with zero attached hydrogens (tertiary/aromatic N) is 1. The number of carbonyl (C=O) groups excluding carboxylic acids is 2. The van der Waals surface area contributed by atoms with E-state index in [9.17, 15) is 9.59 Å². The summed E-state index contributed by atoms with van der Waals surface area (Å²) in [6, 6.07) is 18.5. The molecule has 0 aromatic heterocycles. The molecule has 8 heteroatoms. The SMILES string of the molecule is COc1cccc(CNC(=O)c2ccc(N3CCOCC3)c(NC(=O)Nc3cc(C)ccc3C)c2)c1. The van der Waals surface area contributed by atoms with Gasteiger partial charge in [-0.2, -0.15) is 0 Å². The highest BCUT2D eigenvalue weighted by atomic mass is 16.5. The maximum Gasteiger partial charge on any atom is 0.323 e. The van der Waals surface area contributed by atoms with Crippen LogP contribution in [-0.2, 0) is 11.3 Å². The Hall–Kier alpha value is -4.04. The summed E-state index contributed by atoms with van der Waals surface area (Å²) in [7, 11) is 1.61. The number of nitrogens with one attached hydrogen (secondary N) is 3. The van der Waals surface area contributed by atoms with Crippen molar-refractivity contribution in [3.63, 3.8) is 0 Å². The second-order valence-corrected chi connectivity index (χ2v) is 8.76. The molecule has 1 aliphatic rings. The van der Waals surface area contributed by atoms with Crippen LogP contribution >= 0.6 is 0 Å². The topological polar surface area (TPSA) is 91.9 Å². The van der Waals surface area contributed by atoms with E-state index < -0.39 is 0 Å². The maximum absolute atomic E-state index is 13.0. The monoisotopic (exact) mass is 488 g/mol. The van der Waals surface area contributed by atoms with E-state index >= 15 is 0 Å². The maximum atomic E-state index is 13.0. The van der Waals surface area contributed by atoms with Crippen molar-refractivity contribution in [2.45, 2.75) is 20.4 Å². The number of hydrogen-bond donors (Lipinski definition) is 3. The Morgan fingerprint density at radius 2 is 1.72 bits per heavy atom. The van der Waals surface area contributed by atoms with Gasteiger partial charge >= 0.3 is 6.03 Å². The lowest BCUT2D eigenvalue weighted by Crippen LogP contribution is -2.37. The molecule has 0 radical (unpaired) electrons. The number of anilines is 3. The van der Waals surface area contributed by atoms with Crippen molar-refractivity contribution in [1.29, 1.82) is 0 Å². The Labute approximate surface area is 211 Å². The van der Waals surface area contributed by atoms with Crippen LogP contribution in [0.25, 0.3) is 0 Å². The van der Waals surface area contributed by atoms with E-state index in [1.54, 1.807) is 19.2 Å². The average Bonchev–Trinajstić information content (AvgIpc) is 2.90. The van der Waals surface area contributed by atoms with Crippen LogP contribution in [0.2, 0.25) is 0 Å². The van der Waals surface area contributed by atoms with E-state index in [-0.39, 0.29) is 11.9 Å². The highest BCUT2D eigenvalue weighted by molar-refractivity contribution is 6.04. The van der Waals surface area contributed by atoms with Gasteiger partial charge in [-0.1, -0.05) is 24.3 Å². The summed E-state index contributed by atoms with van der Waals surface area (Å²) in [5.74, 6) is 0.502. The second-order valence-electron chi connectivity index (χ2n) is 8.76.